The number of halogens is 2. The molecular weight excluding hydrogens is 563 g/mol. The van der Waals surface area contributed by atoms with Gasteiger partial charge in [0.05, 0.1) is 22.5 Å². The Morgan fingerprint density at radius 1 is 0.780 bits per heavy atom. The van der Waals surface area contributed by atoms with Crippen molar-refractivity contribution in [2.24, 2.45) is 11.8 Å². The van der Waals surface area contributed by atoms with E-state index in [4.69, 9.17) is 27.9 Å². The number of amides is 3. The number of anilines is 1. The van der Waals surface area contributed by atoms with Crippen molar-refractivity contribution in [1.82, 2.24) is 4.90 Å². The van der Waals surface area contributed by atoms with Crippen LogP contribution in [0, 0.1) is 11.8 Å². The molecule has 7 rings (SSSR count). The molecule has 1 N–H and O–H groups in total. The first-order valence-electron chi connectivity index (χ1n) is 13.8. The van der Waals surface area contributed by atoms with Crippen LogP contribution in [0.15, 0.2) is 66.7 Å². The lowest BCUT2D eigenvalue weighted by Gasteiger charge is -2.45. The summed E-state index contributed by atoms with van der Waals surface area (Å²) in [6, 6.07) is 21.1. The van der Waals surface area contributed by atoms with Crippen LogP contribution in [-0.2, 0) is 23.9 Å². The van der Waals surface area contributed by atoms with E-state index in [2.05, 4.69) is 29.6 Å². The van der Waals surface area contributed by atoms with Crippen LogP contribution in [0.3, 0.4) is 0 Å². The molecular formula is C32H28Cl2N2O5. The van der Waals surface area contributed by atoms with E-state index in [-0.39, 0.29) is 41.9 Å². The Balaban J connectivity index is 0.999. The number of imide groups is 1. The molecule has 1 heterocycles. The van der Waals surface area contributed by atoms with Crippen molar-refractivity contribution in [3.8, 4) is 0 Å². The van der Waals surface area contributed by atoms with Gasteiger partial charge in [-0.25, -0.2) is 0 Å². The molecule has 3 amide bonds. The Kier molecular flexibility index (Phi) is 7.58. The van der Waals surface area contributed by atoms with Crippen molar-refractivity contribution in [3.63, 3.8) is 0 Å². The van der Waals surface area contributed by atoms with E-state index in [1.54, 1.807) is 12.1 Å². The Hall–Kier alpha value is -3.68. The van der Waals surface area contributed by atoms with E-state index in [1.165, 1.54) is 11.0 Å². The van der Waals surface area contributed by atoms with E-state index in [0.717, 1.165) is 22.3 Å². The second-order valence-corrected chi connectivity index (χ2v) is 11.6. The van der Waals surface area contributed by atoms with Gasteiger partial charge < -0.3 is 10.1 Å². The number of carbonyl (C=O) groups excluding carboxylic acids is 4. The fourth-order valence-corrected chi connectivity index (χ4v) is 7.01. The van der Waals surface area contributed by atoms with Crippen LogP contribution in [0.5, 0.6) is 0 Å². The molecule has 7 nitrogen and oxygen atoms in total. The second kappa shape index (κ2) is 11.3. The number of unbranched alkanes of at least 4 members (excludes halogenated alkanes) is 2. The fourth-order valence-electron chi connectivity index (χ4n) is 6.67. The first kappa shape index (κ1) is 27.5. The molecule has 2 atom stereocenters. The summed E-state index contributed by atoms with van der Waals surface area (Å²) in [4.78, 5) is 52.9. The number of ether oxygens (including phenoxy) is 1. The van der Waals surface area contributed by atoms with Crippen molar-refractivity contribution in [3.05, 3.63) is 99.0 Å². The molecule has 1 aliphatic heterocycles. The van der Waals surface area contributed by atoms with Crippen LogP contribution in [0.4, 0.5) is 5.69 Å². The number of rotatable bonds is 9. The molecule has 1 saturated heterocycles. The number of nitrogens with one attached hydrogen (secondary N) is 1. The average Bonchev–Trinajstić information content (AvgIpc) is 3.23. The highest BCUT2D eigenvalue weighted by Crippen LogP contribution is 2.60. The zero-order chi connectivity index (χ0) is 28.7. The third-order valence-electron chi connectivity index (χ3n) is 8.37. The van der Waals surface area contributed by atoms with Crippen LogP contribution in [0.2, 0.25) is 10.0 Å². The standard InChI is InChI=1S/C32H28Cl2N2O5/c33-18-13-14-23(34)24(16-18)35-25(37)17-41-26(38)12-2-1-7-15-36-31(39)29-27-19-8-3-4-9-20(19)28(30(29)32(36)40)22-11-6-5-10-21(22)27/h3-6,8-11,13-14,16,27-30H,1-2,7,12,15,17H2,(H,35,37)/t27?,28?,29-,30+. The molecule has 0 aromatic heterocycles. The first-order chi connectivity index (χ1) is 19.8. The Labute approximate surface area is 247 Å². The lowest BCUT2D eigenvalue weighted by atomic mass is 9.55. The van der Waals surface area contributed by atoms with Gasteiger partial charge >= 0.3 is 5.97 Å². The summed E-state index contributed by atoms with van der Waals surface area (Å²) in [5.41, 5.74) is 4.96. The zero-order valence-corrected chi connectivity index (χ0v) is 23.7. The predicted octanol–water partition coefficient (Wildman–Crippen LogP) is 5.93. The zero-order valence-electron chi connectivity index (χ0n) is 22.1. The first-order valence-corrected chi connectivity index (χ1v) is 14.5. The summed E-state index contributed by atoms with van der Waals surface area (Å²) >= 11 is 12.0. The third-order valence-corrected chi connectivity index (χ3v) is 8.93. The van der Waals surface area contributed by atoms with Gasteiger partial charge in [0.25, 0.3) is 5.91 Å². The average molecular weight is 591 g/mol. The van der Waals surface area contributed by atoms with Gasteiger partial charge in [-0.15, -0.1) is 0 Å². The molecule has 3 aromatic carbocycles. The maximum Gasteiger partial charge on any atom is 0.306 e. The highest BCUT2D eigenvalue weighted by atomic mass is 35.5. The third kappa shape index (κ3) is 5.02. The maximum absolute atomic E-state index is 13.6. The number of esters is 1. The number of nitrogens with zero attached hydrogens (tertiary/aromatic N) is 1. The van der Waals surface area contributed by atoms with Crippen molar-refractivity contribution in [1.29, 1.82) is 0 Å². The van der Waals surface area contributed by atoms with Gasteiger partial charge in [-0.3, -0.25) is 24.1 Å². The highest BCUT2D eigenvalue weighted by Gasteiger charge is 2.61. The summed E-state index contributed by atoms with van der Waals surface area (Å²) in [7, 11) is 0. The van der Waals surface area contributed by atoms with Crippen molar-refractivity contribution < 1.29 is 23.9 Å². The molecule has 4 aliphatic rings. The van der Waals surface area contributed by atoms with E-state index in [9.17, 15) is 19.2 Å². The molecule has 1 fully saturated rings. The summed E-state index contributed by atoms with van der Waals surface area (Å²) in [5.74, 6) is -2.17. The number of hydrogen-bond acceptors (Lipinski definition) is 5. The Morgan fingerprint density at radius 2 is 1.34 bits per heavy atom. The van der Waals surface area contributed by atoms with Crippen LogP contribution in [0.25, 0.3) is 0 Å². The minimum atomic E-state index is -0.520. The van der Waals surface area contributed by atoms with Gasteiger partial charge in [-0.05, 0) is 53.3 Å². The quantitative estimate of drug-likeness (QED) is 0.189. The highest BCUT2D eigenvalue weighted by molar-refractivity contribution is 6.35. The van der Waals surface area contributed by atoms with Crippen LogP contribution in [0.1, 0.15) is 59.8 Å². The van der Waals surface area contributed by atoms with Crippen molar-refractivity contribution >= 4 is 52.6 Å². The van der Waals surface area contributed by atoms with E-state index in [1.807, 2.05) is 24.3 Å². The van der Waals surface area contributed by atoms with Crippen LogP contribution >= 0.6 is 23.2 Å². The Bertz CT molecular complexity index is 1440. The van der Waals surface area contributed by atoms with Crippen molar-refractivity contribution in [2.75, 3.05) is 18.5 Å². The molecule has 9 heteroatoms. The topological polar surface area (TPSA) is 92.8 Å². The molecule has 3 aliphatic carbocycles. The molecule has 2 bridgehead atoms. The van der Waals surface area contributed by atoms with Gasteiger partial charge in [-0.2, -0.15) is 0 Å². The molecule has 3 aromatic rings. The van der Waals surface area contributed by atoms with E-state index >= 15 is 0 Å². The minimum absolute atomic E-state index is 0.0933. The van der Waals surface area contributed by atoms with Gasteiger partial charge in [-0.1, -0.05) is 78.2 Å². The van der Waals surface area contributed by atoms with Crippen molar-refractivity contribution in [2.45, 2.75) is 37.5 Å². The minimum Gasteiger partial charge on any atom is -0.456 e. The van der Waals surface area contributed by atoms with Gasteiger partial charge in [0.1, 0.15) is 0 Å². The molecule has 0 spiro atoms. The molecule has 41 heavy (non-hydrogen) atoms. The Morgan fingerprint density at radius 3 is 1.90 bits per heavy atom. The second-order valence-electron chi connectivity index (χ2n) is 10.7. The lowest BCUT2D eigenvalue weighted by Crippen LogP contribution is -2.41. The molecule has 0 unspecified atom stereocenters. The maximum atomic E-state index is 13.6. The van der Waals surface area contributed by atoms with Crippen LogP contribution in [-0.4, -0.2) is 41.7 Å². The predicted molar refractivity (Wildman–Crippen MR) is 155 cm³/mol. The fraction of sp³-hybridized carbons (Fsp3) is 0.312. The number of benzene rings is 3. The van der Waals surface area contributed by atoms with E-state index in [0.29, 0.717) is 41.5 Å². The van der Waals surface area contributed by atoms with Gasteiger partial charge in [0.2, 0.25) is 11.8 Å². The lowest BCUT2D eigenvalue weighted by molar-refractivity contribution is -0.147. The SMILES string of the molecule is O=C(COC(=O)CCCCCN1C(=O)[C@@H]2C3c4ccccc4C(c4ccccc43)[C@@H]2C1=O)Nc1cc(Cl)ccc1Cl. The number of hydrogen-bond donors (Lipinski definition) is 1. The van der Waals surface area contributed by atoms with E-state index < -0.39 is 18.5 Å². The summed E-state index contributed by atoms with van der Waals surface area (Å²) < 4.78 is 5.07. The smallest absolute Gasteiger partial charge is 0.306 e. The molecule has 210 valence electrons. The summed E-state index contributed by atoms with van der Waals surface area (Å²) in [6.07, 6.45) is 1.88. The summed E-state index contributed by atoms with van der Waals surface area (Å²) in [6.45, 7) is -0.108. The molecule has 0 radical (unpaired) electrons. The monoisotopic (exact) mass is 590 g/mol. The van der Waals surface area contributed by atoms with Crippen LogP contribution < -0.4 is 5.32 Å². The summed E-state index contributed by atoms with van der Waals surface area (Å²) in [5, 5.41) is 3.30. The molecule has 0 saturated carbocycles. The number of likely N-dealkylation sites (tertiary alicyclic amines) is 1. The van der Waals surface area contributed by atoms with Gasteiger partial charge in [0.15, 0.2) is 6.61 Å². The van der Waals surface area contributed by atoms with Gasteiger partial charge in [0, 0.05) is 29.8 Å². The normalized spacial score (nSPS) is 21.8. The number of carbonyl (C=O) groups is 4. The largest absolute Gasteiger partial charge is 0.456 e.